The van der Waals surface area contributed by atoms with Crippen LogP contribution in [0.15, 0.2) is 58.5 Å². The van der Waals surface area contributed by atoms with Crippen LogP contribution in [-0.4, -0.2) is 22.5 Å². The molecule has 0 saturated carbocycles. The number of hydrogen-bond acceptors (Lipinski definition) is 5. The van der Waals surface area contributed by atoms with Gasteiger partial charge in [-0.1, -0.05) is 60.6 Å². The van der Waals surface area contributed by atoms with E-state index in [0.717, 1.165) is 23.3 Å². The second-order valence-electron chi connectivity index (χ2n) is 7.24. The van der Waals surface area contributed by atoms with Crippen LogP contribution in [0.3, 0.4) is 0 Å². The Hall–Kier alpha value is -2.77. The molecular formula is C23H22ClN3O3S. The summed E-state index contributed by atoms with van der Waals surface area (Å²) in [7, 11) is 0. The zero-order valence-corrected chi connectivity index (χ0v) is 18.6. The van der Waals surface area contributed by atoms with Crippen LogP contribution in [0.1, 0.15) is 42.4 Å². The van der Waals surface area contributed by atoms with E-state index in [1.165, 1.54) is 11.8 Å². The molecule has 0 aliphatic carbocycles. The molecule has 0 fully saturated rings. The van der Waals surface area contributed by atoms with Crippen LogP contribution in [0, 0.1) is 0 Å². The third-order valence-corrected chi connectivity index (χ3v) is 6.30. The van der Waals surface area contributed by atoms with Gasteiger partial charge in [-0.15, -0.1) is 0 Å². The Morgan fingerprint density at radius 3 is 2.68 bits per heavy atom. The SMILES string of the molecule is CCCOc1ccc([C@@H]2CC(=O)Nc3nc(SCc4ccccc4Cl)[nH]c(=O)c32)cc1. The zero-order valence-electron chi connectivity index (χ0n) is 17.0. The van der Waals surface area contributed by atoms with Gasteiger partial charge in [0.2, 0.25) is 5.91 Å². The van der Waals surface area contributed by atoms with E-state index in [-0.39, 0.29) is 23.8 Å². The largest absolute Gasteiger partial charge is 0.494 e. The van der Waals surface area contributed by atoms with Crippen LogP contribution in [-0.2, 0) is 10.5 Å². The van der Waals surface area contributed by atoms with Gasteiger partial charge in [0, 0.05) is 23.1 Å². The van der Waals surface area contributed by atoms with Crippen molar-refractivity contribution in [2.45, 2.75) is 36.6 Å². The van der Waals surface area contributed by atoms with Crippen molar-refractivity contribution in [3.05, 3.63) is 80.6 Å². The van der Waals surface area contributed by atoms with Gasteiger partial charge in [0.1, 0.15) is 11.6 Å². The molecule has 1 aliphatic rings. The predicted molar refractivity (Wildman–Crippen MR) is 123 cm³/mol. The molecule has 0 radical (unpaired) electrons. The van der Waals surface area contributed by atoms with Crippen LogP contribution in [0.25, 0.3) is 0 Å². The van der Waals surface area contributed by atoms with Crippen molar-refractivity contribution in [2.75, 3.05) is 11.9 Å². The minimum atomic E-state index is -0.358. The molecule has 2 N–H and O–H groups in total. The Kier molecular flexibility index (Phi) is 6.63. The molecule has 0 saturated heterocycles. The minimum Gasteiger partial charge on any atom is -0.494 e. The molecule has 2 heterocycles. The Labute approximate surface area is 189 Å². The lowest BCUT2D eigenvalue weighted by Gasteiger charge is -2.24. The Balaban J connectivity index is 1.59. The van der Waals surface area contributed by atoms with E-state index in [4.69, 9.17) is 16.3 Å². The first kappa shape index (κ1) is 21.5. The van der Waals surface area contributed by atoms with E-state index >= 15 is 0 Å². The first-order chi connectivity index (χ1) is 15.0. The topological polar surface area (TPSA) is 84.1 Å². The second-order valence-corrected chi connectivity index (χ2v) is 8.61. The molecule has 0 spiro atoms. The summed E-state index contributed by atoms with van der Waals surface area (Å²) in [4.78, 5) is 32.7. The summed E-state index contributed by atoms with van der Waals surface area (Å²) in [6, 6.07) is 15.1. The van der Waals surface area contributed by atoms with Gasteiger partial charge < -0.3 is 15.0 Å². The highest BCUT2D eigenvalue weighted by Crippen LogP contribution is 2.35. The van der Waals surface area contributed by atoms with E-state index in [2.05, 4.69) is 15.3 Å². The number of benzene rings is 2. The highest BCUT2D eigenvalue weighted by molar-refractivity contribution is 7.98. The van der Waals surface area contributed by atoms with Gasteiger partial charge in [-0.3, -0.25) is 9.59 Å². The van der Waals surface area contributed by atoms with Crippen molar-refractivity contribution in [3.63, 3.8) is 0 Å². The number of thioether (sulfide) groups is 1. The molecular weight excluding hydrogens is 434 g/mol. The highest BCUT2D eigenvalue weighted by atomic mass is 35.5. The number of carbonyl (C=O) groups is 1. The summed E-state index contributed by atoms with van der Waals surface area (Å²) in [5.74, 6) is 1.12. The summed E-state index contributed by atoms with van der Waals surface area (Å²) in [5, 5.41) is 3.86. The van der Waals surface area contributed by atoms with Crippen molar-refractivity contribution in [2.24, 2.45) is 0 Å². The number of aromatic amines is 1. The van der Waals surface area contributed by atoms with Crippen molar-refractivity contribution in [1.29, 1.82) is 0 Å². The molecule has 0 unspecified atom stereocenters. The summed E-state index contributed by atoms with van der Waals surface area (Å²) in [5.41, 5.74) is 2.05. The van der Waals surface area contributed by atoms with Crippen LogP contribution in [0.4, 0.5) is 5.82 Å². The Morgan fingerprint density at radius 2 is 1.94 bits per heavy atom. The maximum Gasteiger partial charge on any atom is 0.257 e. The number of H-pyrrole nitrogens is 1. The molecule has 0 bridgehead atoms. The fraction of sp³-hybridized carbons (Fsp3) is 0.261. The molecule has 160 valence electrons. The van der Waals surface area contributed by atoms with Crippen molar-refractivity contribution >= 4 is 35.1 Å². The summed E-state index contributed by atoms with van der Waals surface area (Å²) < 4.78 is 5.63. The average Bonchev–Trinajstić information content (AvgIpc) is 2.76. The third-order valence-electron chi connectivity index (χ3n) is 5.01. The van der Waals surface area contributed by atoms with E-state index in [9.17, 15) is 9.59 Å². The summed E-state index contributed by atoms with van der Waals surface area (Å²) in [6.45, 7) is 2.69. The van der Waals surface area contributed by atoms with E-state index in [1.807, 2.05) is 55.5 Å². The van der Waals surface area contributed by atoms with Gasteiger partial charge in [-0.05, 0) is 35.7 Å². The van der Waals surface area contributed by atoms with Crippen LogP contribution < -0.4 is 15.6 Å². The molecule has 4 rings (SSSR count). The fourth-order valence-electron chi connectivity index (χ4n) is 3.48. The van der Waals surface area contributed by atoms with Gasteiger partial charge >= 0.3 is 0 Å². The van der Waals surface area contributed by atoms with Gasteiger partial charge in [0.05, 0.1) is 12.2 Å². The fourth-order valence-corrected chi connectivity index (χ4v) is 4.63. The van der Waals surface area contributed by atoms with E-state index < -0.39 is 0 Å². The van der Waals surface area contributed by atoms with Gasteiger partial charge in [-0.25, -0.2) is 4.98 Å². The molecule has 3 aromatic rings. The predicted octanol–water partition coefficient (Wildman–Crippen LogP) is 4.98. The molecule has 1 atom stereocenters. The molecule has 8 heteroatoms. The van der Waals surface area contributed by atoms with Crippen molar-refractivity contribution < 1.29 is 9.53 Å². The number of nitrogens with one attached hydrogen (secondary N) is 2. The molecule has 1 amide bonds. The lowest BCUT2D eigenvalue weighted by atomic mass is 9.87. The van der Waals surface area contributed by atoms with Crippen LogP contribution >= 0.6 is 23.4 Å². The standard InChI is InChI=1S/C23H22ClN3O3S/c1-2-11-30-16-9-7-14(8-10-16)17-12-19(28)25-21-20(17)22(29)27-23(26-21)31-13-15-5-3-4-6-18(15)24/h3-10,17H,2,11-13H2,1H3,(H2,25,26,27,28,29)/t17-/m0/s1. The minimum absolute atomic E-state index is 0.163. The monoisotopic (exact) mass is 455 g/mol. The number of amides is 1. The lowest BCUT2D eigenvalue weighted by Crippen LogP contribution is -2.31. The highest BCUT2D eigenvalue weighted by Gasteiger charge is 2.31. The molecule has 1 aliphatic heterocycles. The zero-order chi connectivity index (χ0) is 21.8. The quantitative estimate of drug-likeness (QED) is 0.387. The molecule has 1 aromatic heterocycles. The van der Waals surface area contributed by atoms with Gasteiger partial charge in [0.25, 0.3) is 5.56 Å². The molecule has 31 heavy (non-hydrogen) atoms. The number of rotatable bonds is 7. The summed E-state index contributed by atoms with van der Waals surface area (Å²) >= 11 is 7.57. The van der Waals surface area contributed by atoms with Crippen molar-refractivity contribution in [1.82, 2.24) is 9.97 Å². The Morgan fingerprint density at radius 1 is 1.16 bits per heavy atom. The smallest absolute Gasteiger partial charge is 0.257 e. The van der Waals surface area contributed by atoms with Crippen LogP contribution in [0.5, 0.6) is 5.75 Å². The number of carbonyl (C=O) groups excluding carboxylic acids is 1. The second kappa shape index (κ2) is 9.58. The number of halogens is 1. The first-order valence-electron chi connectivity index (χ1n) is 10.1. The maximum absolute atomic E-state index is 13.0. The van der Waals surface area contributed by atoms with Crippen LogP contribution in [0.2, 0.25) is 5.02 Å². The molecule has 2 aromatic carbocycles. The number of hydrogen-bond donors (Lipinski definition) is 2. The van der Waals surface area contributed by atoms with E-state index in [1.54, 1.807) is 0 Å². The number of ether oxygens (including phenoxy) is 1. The lowest BCUT2D eigenvalue weighted by molar-refractivity contribution is -0.116. The first-order valence-corrected chi connectivity index (χ1v) is 11.4. The van der Waals surface area contributed by atoms with Gasteiger partial charge in [-0.2, -0.15) is 0 Å². The number of aromatic nitrogens is 2. The van der Waals surface area contributed by atoms with E-state index in [0.29, 0.717) is 33.9 Å². The third kappa shape index (κ3) is 4.94. The summed E-state index contributed by atoms with van der Waals surface area (Å²) in [6.07, 6.45) is 1.12. The number of nitrogens with zero attached hydrogens (tertiary/aromatic N) is 1. The average molecular weight is 456 g/mol. The number of anilines is 1. The normalized spacial score (nSPS) is 15.3. The Bertz CT molecular complexity index is 1150. The van der Waals surface area contributed by atoms with Crippen molar-refractivity contribution in [3.8, 4) is 5.75 Å². The number of fused-ring (bicyclic) bond motifs is 1. The molecule has 6 nitrogen and oxygen atoms in total. The van der Waals surface area contributed by atoms with Gasteiger partial charge in [0.15, 0.2) is 5.16 Å². The maximum atomic E-state index is 13.0.